The summed E-state index contributed by atoms with van der Waals surface area (Å²) in [6, 6.07) is 12.2. The quantitative estimate of drug-likeness (QED) is 0.877. The molecule has 110 valence electrons. The molecular weight excluding hydrogens is 268 g/mol. The molecule has 0 heterocycles. The molecule has 0 atom stereocenters. The summed E-state index contributed by atoms with van der Waals surface area (Å²) in [6.07, 6.45) is 0. The predicted octanol–water partition coefficient (Wildman–Crippen LogP) is 2.56. The number of hydrogen-bond acceptors (Lipinski definition) is 4. The van der Waals surface area contributed by atoms with Gasteiger partial charge in [0.2, 0.25) is 0 Å². The summed E-state index contributed by atoms with van der Waals surface area (Å²) in [5.41, 5.74) is 7.56. The summed E-state index contributed by atoms with van der Waals surface area (Å²) >= 11 is 0. The lowest BCUT2D eigenvalue weighted by molar-refractivity contribution is 0.0992. The van der Waals surface area contributed by atoms with Gasteiger partial charge in [-0.3, -0.25) is 4.79 Å². The van der Waals surface area contributed by atoms with Gasteiger partial charge in [-0.05, 0) is 36.4 Å². The Bertz CT molecular complexity index is 616. The highest BCUT2D eigenvalue weighted by atomic mass is 16.5. The lowest BCUT2D eigenvalue weighted by Gasteiger charge is -2.18. The van der Waals surface area contributed by atoms with E-state index in [4.69, 9.17) is 15.2 Å². The molecule has 5 heteroatoms. The molecule has 1 amide bonds. The van der Waals surface area contributed by atoms with E-state index in [1.54, 1.807) is 68.6 Å². The average Bonchev–Trinajstić information content (AvgIpc) is 2.53. The standard InChI is InChI=1S/C16H18N2O3/c1-18(13-6-4-12(17)5-7-13)16(19)11-8-14(20-2)10-15(9-11)21-3/h4-10H,17H2,1-3H3. The molecule has 0 saturated heterocycles. The summed E-state index contributed by atoms with van der Waals surface area (Å²) < 4.78 is 10.4. The van der Waals surface area contributed by atoms with Gasteiger partial charge in [0.15, 0.2) is 0 Å². The normalized spacial score (nSPS) is 10.0. The third-order valence-electron chi connectivity index (χ3n) is 3.18. The van der Waals surface area contributed by atoms with Crippen LogP contribution in [0.2, 0.25) is 0 Å². The number of rotatable bonds is 4. The third kappa shape index (κ3) is 3.25. The highest BCUT2D eigenvalue weighted by Gasteiger charge is 2.15. The topological polar surface area (TPSA) is 64.8 Å². The number of methoxy groups -OCH3 is 2. The van der Waals surface area contributed by atoms with Gasteiger partial charge in [0.25, 0.3) is 5.91 Å². The van der Waals surface area contributed by atoms with E-state index in [1.165, 1.54) is 0 Å². The SMILES string of the molecule is COc1cc(OC)cc(C(=O)N(C)c2ccc(N)cc2)c1. The molecule has 21 heavy (non-hydrogen) atoms. The molecule has 0 saturated carbocycles. The van der Waals surface area contributed by atoms with Crippen LogP contribution in [0.1, 0.15) is 10.4 Å². The number of ether oxygens (including phenoxy) is 2. The van der Waals surface area contributed by atoms with E-state index in [2.05, 4.69) is 0 Å². The van der Waals surface area contributed by atoms with Gasteiger partial charge < -0.3 is 20.1 Å². The van der Waals surface area contributed by atoms with Gasteiger partial charge in [-0.25, -0.2) is 0 Å². The lowest BCUT2D eigenvalue weighted by Crippen LogP contribution is -2.26. The fourth-order valence-electron chi connectivity index (χ4n) is 1.94. The second-order valence-corrected chi connectivity index (χ2v) is 4.56. The van der Waals surface area contributed by atoms with Crippen LogP contribution < -0.4 is 20.1 Å². The molecule has 0 spiro atoms. The minimum Gasteiger partial charge on any atom is -0.497 e. The molecule has 0 unspecified atom stereocenters. The first-order valence-corrected chi connectivity index (χ1v) is 6.42. The number of nitrogen functional groups attached to an aromatic ring is 1. The van der Waals surface area contributed by atoms with E-state index >= 15 is 0 Å². The van der Waals surface area contributed by atoms with Gasteiger partial charge >= 0.3 is 0 Å². The summed E-state index contributed by atoms with van der Waals surface area (Å²) in [6.45, 7) is 0. The lowest BCUT2D eigenvalue weighted by atomic mass is 10.1. The number of amides is 1. The first kappa shape index (κ1) is 14.7. The van der Waals surface area contributed by atoms with Crippen LogP contribution in [0.15, 0.2) is 42.5 Å². The number of anilines is 2. The maximum atomic E-state index is 12.5. The zero-order valence-corrected chi connectivity index (χ0v) is 12.3. The fourth-order valence-corrected chi connectivity index (χ4v) is 1.94. The molecule has 0 aliphatic carbocycles. The second-order valence-electron chi connectivity index (χ2n) is 4.56. The van der Waals surface area contributed by atoms with Crippen molar-refractivity contribution in [3.8, 4) is 11.5 Å². The number of carbonyl (C=O) groups is 1. The van der Waals surface area contributed by atoms with Gasteiger partial charge in [-0.1, -0.05) is 0 Å². The molecule has 0 aliphatic rings. The fraction of sp³-hybridized carbons (Fsp3) is 0.188. The van der Waals surface area contributed by atoms with E-state index in [1.807, 2.05) is 0 Å². The Labute approximate surface area is 123 Å². The van der Waals surface area contributed by atoms with E-state index in [9.17, 15) is 4.79 Å². The molecule has 0 aliphatic heterocycles. The molecular formula is C16H18N2O3. The first-order chi connectivity index (χ1) is 10.0. The van der Waals surface area contributed by atoms with E-state index in [0.717, 1.165) is 5.69 Å². The third-order valence-corrected chi connectivity index (χ3v) is 3.18. The first-order valence-electron chi connectivity index (χ1n) is 6.42. The largest absolute Gasteiger partial charge is 0.497 e. The van der Waals surface area contributed by atoms with Crippen molar-refractivity contribution in [2.45, 2.75) is 0 Å². The molecule has 0 radical (unpaired) electrons. The molecule has 0 fully saturated rings. The van der Waals surface area contributed by atoms with Crippen molar-refractivity contribution >= 4 is 17.3 Å². The van der Waals surface area contributed by atoms with Crippen molar-refractivity contribution in [3.63, 3.8) is 0 Å². The maximum absolute atomic E-state index is 12.5. The van der Waals surface area contributed by atoms with E-state index in [0.29, 0.717) is 22.7 Å². The summed E-state index contributed by atoms with van der Waals surface area (Å²) in [5, 5.41) is 0. The molecule has 2 aromatic carbocycles. The van der Waals surface area contributed by atoms with Crippen molar-refractivity contribution in [2.75, 3.05) is 31.9 Å². The van der Waals surface area contributed by atoms with E-state index < -0.39 is 0 Å². The molecule has 2 aromatic rings. The van der Waals surface area contributed by atoms with Crippen LogP contribution in [0, 0.1) is 0 Å². The summed E-state index contributed by atoms with van der Waals surface area (Å²) in [7, 11) is 4.80. The van der Waals surface area contributed by atoms with Crippen molar-refractivity contribution in [1.82, 2.24) is 0 Å². The van der Waals surface area contributed by atoms with Crippen LogP contribution in [0.5, 0.6) is 11.5 Å². The Morgan fingerprint density at radius 3 is 2.00 bits per heavy atom. The Kier molecular flexibility index (Phi) is 4.33. The Hall–Kier alpha value is -2.69. The Balaban J connectivity index is 2.32. The van der Waals surface area contributed by atoms with Crippen LogP contribution in [-0.2, 0) is 0 Å². The molecule has 2 rings (SSSR count). The van der Waals surface area contributed by atoms with Crippen LogP contribution >= 0.6 is 0 Å². The van der Waals surface area contributed by atoms with Crippen molar-refractivity contribution in [1.29, 1.82) is 0 Å². The average molecular weight is 286 g/mol. The van der Waals surface area contributed by atoms with Crippen molar-refractivity contribution in [3.05, 3.63) is 48.0 Å². The molecule has 5 nitrogen and oxygen atoms in total. The number of benzene rings is 2. The molecule has 0 aromatic heterocycles. The van der Waals surface area contributed by atoms with Crippen LogP contribution in [0.3, 0.4) is 0 Å². The van der Waals surface area contributed by atoms with Crippen LogP contribution in [0.25, 0.3) is 0 Å². The Morgan fingerprint density at radius 1 is 1.00 bits per heavy atom. The molecule has 0 bridgehead atoms. The zero-order valence-electron chi connectivity index (χ0n) is 12.3. The molecule has 2 N–H and O–H groups in total. The minimum atomic E-state index is -0.156. The van der Waals surface area contributed by atoms with Crippen molar-refractivity contribution in [2.24, 2.45) is 0 Å². The highest BCUT2D eigenvalue weighted by molar-refractivity contribution is 6.06. The summed E-state index contributed by atoms with van der Waals surface area (Å²) in [5.74, 6) is 0.990. The van der Waals surface area contributed by atoms with Gasteiger partial charge in [0, 0.05) is 30.1 Å². The number of carbonyl (C=O) groups excluding carboxylic acids is 1. The van der Waals surface area contributed by atoms with Crippen molar-refractivity contribution < 1.29 is 14.3 Å². The zero-order chi connectivity index (χ0) is 15.4. The van der Waals surface area contributed by atoms with Crippen LogP contribution in [-0.4, -0.2) is 27.2 Å². The number of nitrogens with zero attached hydrogens (tertiary/aromatic N) is 1. The van der Waals surface area contributed by atoms with Gasteiger partial charge in [0.1, 0.15) is 11.5 Å². The predicted molar refractivity (Wildman–Crippen MR) is 83.1 cm³/mol. The second kappa shape index (κ2) is 6.17. The Morgan fingerprint density at radius 2 is 1.52 bits per heavy atom. The van der Waals surface area contributed by atoms with Gasteiger partial charge in [0.05, 0.1) is 14.2 Å². The highest BCUT2D eigenvalue weighted by Crippen LogP contribution is 2.25. The van der Waals surface area contributed by atoms with Gasteiger partial charge in [-0.15, -0.1) is 0 Å². The monoisotopic (exact) mass is 286 g/mol. The smallest absolute Gasteiger partial charge is 0.258 e. The number of nitrogens with two attached hydrogens (primary N) is 1. The minimum absolute atomic E-state index is 0.156. The number of hydrogen-bond donors (Lipinski definition) is 1. The maximum Gasteiger partial charge on any atom is 0.258 e. The van der Waals surface area contributed by atoms with Gasteiger partial charge in [-0.2, -0.15) is 0 Å². The van der Waals surface area contributed by atoms with E-state index in [-0.39, 0.29) is 5.91 Å². The summed E-state index contributed by atoms with van der Waals surface area (Å²) in [4.78, 5) is 14.1. The van der Waals surface area contributed by atoms with Crippen LogP contribution in [0.4, 0.5) is 11.4 Å².